The Kier molecular flexibility index (Phi) is 8.13. The van der Waals surface area contributed by atoms with Crippen LogP contribution in [0.1, 0.15) is 73.1 Å². The lowest BCUT2D eigenvalue weighted by molar-refractivity contribution is 0.0471. The van der Waals surface area contributed by atoms with E-state index in [4.69, 9.17) is 4.74 Å². The Morgan fingerprint density at radius 3 is 2.55 bits per heavy atom. The molecule has 0 radical (unpaired) electrons. The summed E-state index contributed by atoms with van der Waals surface area (Å²) < 4.78 is 5.94. The lowest BCUT2D eigenvalue weighted by Crippen LogP contribution is -2.42. The fourth-order valence-electron chi connectivity index (χ4n) is 3.52. The van der Waals surface area contributed by atoms with Crippen LogP contribution in [0.15, 0.2) is 0 Å². The van der Waals surface area contributed by atoms with Gasteiger partial charge in [-0.15, -0.1) is 0 Å². The third-order valence-corrected chi connectivity index (χ3v) is 5.10. The first-order valence-corrected chi connectivity index (χ1v) is 8.86. The summed E-state index contributed by atoms with van der Waals surface area (Å²) in [5.74, 6) is 1.60. The fraction of sp³-hybridized carbons (Fsp3) is 1.00. The van der Waals surface area contributed by atoms with Crippen molar-refractivity contribution in [1.29, 1.82) is 0 Å². The number of ether oxygens (including phenoxy) is 1. The highest BCUT2D eigenvalue weighted by molar-refractivity contribution is 4.93. The number of nitrogens with one attached hydrogen (secondary N) is 1. The molecule has 0 bridgehead atoms. The van der Waals surface area contributed by atoms with Gasteiger partial charge in [0.25, 0.3) is 0 Å². The third-order valence-electron chi connectivity index (χ3n) is 5.10. The van der Waals surface area contributed by atoms with Gasteiger partial charge in [0.05, 0.1) is 6.10 Å². The Morgan fingerprint density at radius 1 is 1.30 bits per heavy atom. The van der Waals surface area contributed by atoms with Crippen molar-refractivity contribution < 1.29 is 4.74 Å². The third kappa shape index (κ3) is 5.37. The van der Waals surface area contributed by atoms with E-state index in [9.17, 15) is 0 Å². The minimum absolute atomic E-state index is 0.378. The number of unbranched alkanes of at least 4 members (excludes halogenated alkanes) is 1. The molecule has 0 aliphatic carbocycles. The van der Waals surface area contributed by atoms with E-state index in [0.717, 1.165) is 31.5 Å². The summed E-state index contributed by atoms with van der Waals surface area (Å²) in [5.41, 5.74) is 0.378. The van der Waals surface area contributed by atoms with Gasteiger partial charge in [0.15, 0.2) is 0 Å². The van der Waals surface area contributed by atoms with Crippen LogP contribution in [0.5, 0.6) is 0 Å². The predicted molar refractivity (Wildman–Crippen MR) is 88.1 cm³/mol. The molecule has 1 aliphatic rings. The predicted octanol–water partition coefficient (Wildman–Crippen LogP) is 4.63. The van der Waals surface area contributed by atoms with E-state index in [2.05, 4.69) is 39.9 Å². The molecule has 1 fully saturated rings. The highest BCUT2D eigenvalue weighted by atomic mass is 16.5. The first-order chi connectivity index (χ1) is 9.54. The van der Waals surface area contributed by atoms with Gasteiger partial charge in [-0.1, -0.05) is 53.4 Å². The summed E-state index contributed by atoms with van der Waals surface area (Å²) >= 11 is 0. The summed E-state index contributed by atoms with van der Waals surface area (Å²) in [5, 5.41) is 3.70. The van der Waals surface area contributed by atoms with E-state index in [0.29, 0.717) is 11.5 Å². The lowest BCUT2D eigenvalue weighted by Gasteiger charge is -2.36. The first kappa shape index (κ1) is 18.0. The highest BCUT2D eigenvalue weighted by Gasteiger charge is 2.42. The van der Waals surface area contributed by atoms with Crippen molar-refractivity contribution >= 4 is 0 Å². The van der Waals surface area contributed by atoms with Gasteiger partial charge >= 0.3 is 0 Å². The zero-order valence-corrected chi connectivity index (χ0v) is 14.5. The van der Waals surface area contributed by atoms with Gasteiger partial charge in [0, 0.05) is 18.6 Å². The van der Waals surface area contributed by atoms with E-state index in [1.54, 1.807) is 0 Å². The van der Waals surface area contributed by atoms with Crippen LogP contribution >= 0.6 is 0 Å². The molecule has 1 saturated heterocycles. The highest BCUT2D eigenvalue weighted by Crippen LogP contribution is 2.42. The Balaban J connectivity index is 2.58. The molecule has 2 heteroatoms. The van der Waals surface area contributed by atoms with Crippen molar-refractivity contribution in [1.82, 2.24) is 5.32 Å². The molecule has 1 N–H and O–H groups in total. The monoisotopic (exact) mass is 283 g/mol. The van der Waals surface area contributed by atoms with Crippen molar-refractivity contribution in [2.75, 3.05) is 19.7 Å². The molecular weight excluding hydrogens is 246 g/mol. The number of hydrogen-bond donors (Lipinski definition) is 1. The smallest absolute Gasteiger partial charge is 0.0616 e. The number of rotatable bonds is 10. The fourth-order valence-corrected chi connectivity index (χ4v) is 3.52. The van der Waals surface area contributed by atoms with Gasteiger partial charge in [-0.2, -0.15) is 0 Å². The molecule has 0 aromatic rings. The maximum atomic E-state index is 5.94. The molecule has 0 spiro atoms. The summed E-state index contributed by atoms with van der Waals surface area (Å²) in [4.78, 5) is 0. The zero-order chi connectivity index (χ0) is 15.0. The Bertz CT molecular complexity index is 254. The molecular formula is C18H37NO. The van der Waals surface area contributed by atoms with E-state index in [1.807, 2.05) is 0 Å². The largest absolute Gasteiger partial charge is 0.378 e. The molecule has 0 saturated carbocycles. The average molecular weight is 283 g/mol. The summed E-state index contributed by atoms with van der Waals surface area (Å²) in [6.45, 7) is 14.7. The molecule has 0 amide bonds. The maximum absolute atomic E-state index is 5.94. The maximum Gasteiger partial charge on any atom is 0.0616 e. The zero-order valence-electron chi connectivity index (χ0n) is 14.5. The van der Waals surface area contributed by atoms with Crippen LogP contribution in [0, 0.1) is 17.3 Å². The Hall–Kier alpha value is -0.0800. The van der Waals surface area contributed by atoms with Gasteiger partial charge in [-0.05, 0) is 38.1 Å². The quantitative estimate of drug-likeness (QED) is 0.631. The van der Waals surface area contributed by atoms with Gasteiger partial charge in [-0.3, -0.25) is 0 Å². The molecule has 2 nitrogen and oxygen atoms in total. The molecule has 1 rings (SSSR count). The topological polar surface area (TPSA) is 21.3 Å². The second-order valence-electron chi connectivity index (χ2n) is 7.27. The minimum Gasteiger partial charge on any atom is -0.378 e. The Labute approximate surface area is 127 Å². The average Bonchev–Trinajstić information content (AvgIpc) is 2.76. The van der Waals surface area contributed by atoms with Gasteiger partial charge in [-0.25, -0.2) is 0 Å². The van der Waals surface area contributed by atoms with Crippen LogP contribution in [0.2, 0.25) is 0 Å². The van der Waals surface area contributed by atoms with E-state index >= 15 is 0 Å². The molecule has 0 aromatic heterocycles. The van der Waals surface area contributed by atoms with E-state index in [1.165, 1.54) is 38.5 Å². The van der Waals surface area contributed by atoms with Crippen LogP contribution in [0.4, 0.5) is 0 Å². The van der Waals surface area contributed by atoms with Crippen molar-refractivity contribution in [2.45, 2.75) is 79.2 Å². The van der Waals surface area contributed by atoms with Crippen LogP contribution < -0.4 is 5.32 Å². The van der Waals surface area contributed by atoms with Crippen LogP contribution in [0.25, 0.3) is 0 Å². The molecule has 20 heavy (non-hydrogen) atoms. The summed E-state index contributed by atoms with van der Waals surface area (Å²) in [6.07, 6.45) is 8.41. The Morgan fingerprint density at radius 2 is 2.05 bits per heavy atom. The van der Waals surface area contributed by atoms with Gasteiger partial charge in [0.1, 0.15) is 0 Å². The van der Waals surface area contributed by atoms with Crippen molar-refractivity contribution in [3.63, 3.8) is 0 Å². The van der Waals surface area contributed by atoms with Crippen LogP contribution in [-0.4, -0.2) is 25.8 Å². The SMILES string of the molecule is CCCCC(CC)CC1(CNCC(C)C)CCOC1C. The van der Waals surface area contributed by atoms with Gasteiger partial charge < -0.3 is 10.1 Å². The van der Waals surface area contributed by atoms with Crippen molar-refractivity contribution in [3.05, 3.63) is 0 Å². The first-order valence-electron chi connectivity index (χ1n) is 8.86. The molecule has 1 aliphatic heterocycles. The van der Waals surface area contributed by atoms with E-state index in [-0.39, 0.29) is 0 Å². The summed E-state index contributed by atoms with van der Waals surface area (Å²) in [7, 11) is 0. The van der Waals surface area contributed by atoms with Crippen LogP contribution in [-0.2, 0) is 4.74 Å². The second-order valence-corrected chi connectivity index (χ2v) is 7.27. The normalized spacial score (nSPS) is 28.2. The van der Waals surface area contributed by atoms with Crippen molar-refractivity contribution in [2.24, 2.45) is 17.3 Å². The number of hydrogen-bond acceptors (Lipinski definition) is 2. The van der Waals surface area contributed by atoms with Crippen molar-refractivity contribution in [3.8, 4) is 0 Å². The molecule has 120 valence electrons. The minimum atomic E-state index is 0.378. The second kappa shape index (κ2) is 9.04. The molecule has 3 unspecified atom stereocenters. The lowest BCUT2D eigenvalue weighted by atomic mass is 9.72. The molecule has 1 heterocycles. The molecule has 0 aromatic carbocycles. The van der Waals surface area contributed by atoms with Crippen LogP contribution in [0.3, 0.4) is 0 Å². The van der Waals surface area contributed by atoms with E-state index < -0.39 is 0 Å². The summed E-state index contributed by atoms with van der Waals surface area (Å²) in [6, 6.07) is 0. The standard InChI is InChI=1S/C18H37NO/c1-6-8-9-17(7-2)12-18(10-11-20-16(18)5)14-19-13-15(3)4/h15-17,19H,6-14H2,1-5H3. The van der Waals surface area contributed by atoms with Gasteiger partial charge in [0.2, 0.25) is 0 Å². The molecule has 3 atom stereocenters.